The molecule has 1 saturated heterocycles. The first kappa shape index (κ1) is 28.2. The summed E-state index contributed by atoms with van der Waals surface area (Å²) in [6.45, 7) is -0.437. The van der Waals surface area contributed by atoms with Crippen LogP contribution in [0.5, 0.6) is 5.75 Å². The standard InChI is InChI=1S/C29H32F3N7O2/c1-36-12-17-9-22(25(34)28(40)39-7-6-29(31,32)15-39)26(37-11-16-2-3-16)18-10-23(27(35)38-13-18)41-14-19-8-20(30)4-5-21(19)24(17)33/h4-5,8,10,12-13,16H,2-3,6-7,9,11,14-15,33-34H2,1H3,(H2,35,38)/b24-17-,25-22-,36-12?,37-26?. The highest BCUT2D eigenvalue weighted by Gasteiger charge is 2.41. The minimum Gasteiger partial charge on any atom is -0.485 e. The van der Waals surface area contributed by atoms with E-state index in [1.165, 1.54) is 30.6 Å². The number of rotatable bonds is 4. The lowest BCUT2D eigenvalue weighted by atomic mass is 9.91. The van der Waals surface area contributed by atoms with Crippen molar-refractivity contribution in [1.29, 1.82) is 0 Å². The summed E-state index contributed by atoms with van der Waals surface area (Å²) >= 11 is 0. The molecule has 5 rings (SSSR count). The molecule has 0 radical (unpaired) electrons. The number of benzene rings is 1. The molecule has 41 heavy (non-hydrogen) atoms. The first-order chi connectivity index (χ1) is 19.6. The summed E-state index contributed by atoms with van der Waals surface area (Å²) in [5.41, 5.74) is 21.9. The van der Waals surface area contributed by atoms with Crippen LogP contribution in [0.1, 0.15) is 42.4 Å². The van der Waals surface area contributed by atoms with Crippen molar-refractivity contribution in [2.45, 2.75) is 38.2 Å². The maximum absolute atomic E-state index is 14.3. The second-order valence-corrected chi connectivity index (χ2v) is 10.6. The first-order valence-corrected chi connectivity index (χ1v) is 13.3. The monoisotopic (exact) mass is 567 g/mol. The molecule has 0 atom stereocenters. The molecule has 2 aliphatic heterocycles. The van der Waals surface area contributed by atoms with Gasteiger partial charge in [0.15, 0.2) is 11.6 Å². The van der Waals surface area contributed by atoms with Gasteiger partial charge in [-0.25, -0.2) is 18.2 Å². The highest BCUT2D eigenvalue weighted by atomic mass is 19.3. The van der Waals surface area contributed by atoms with Gasteiger partial charge in [-0.1, -0.05) is 0 Å². The maximum Gasteiger partial charge on any atom is 0.270 e. The Bertz CT molecular complexity index is 1500. The Morgan fingerprint density at radius 2 is 2.05 bits per heavy atom. The Morgan fingerprint density at radius 1 is 1.27 bits per heavy atom. The van der Waals surface area contributed by atoms with Crippen LogP contribution in [0, 0.1) is 11.7 Å². The fourth-order valence-electron chi connectivity index (χ4n) is 4.93. The number of ether oxygens (including phenoxy) is 1. The summed E-state index contributed by atoms with van der Waals surface area (Å²) in [6, 6.07) is 5.76. The van der Waals surface area contributed by atoms with Gasteiger partial charge in [-0.05, 0) is 48.6 Å². The van der Waals surface area contributed by atoms with Crippen LogP contribution >= 0.6 is 0 Å². The molecule has 2 bridgehead atoms. The van der Waals surface area contributed by atoms with E-state index < -0.39 is 30.6 Å². The number of fused-ring (bicyclic) bond motifs is 3. The van der Waals surface area contributed by atoms with Crippen LogP contribution in [0.15, 0.2) is 57.3 Å². The largest absolute Gasteiger partial charge is 0.485 e. The van der Waals surface area contributed by atoms with E-state index in [0.29, 0.717) is 40.4 Å². The predicted molar refractivity (Wildman–Crippen MR) is 151 cm³/mol. The number of alkyl halides is 2. The highest BCUT2D eigenvalue weighted by Crippen LogP contribution is 2.34. The van der Waals surface area contributed by atoms with Crippen molar-refractivity contribution in [1.82, 2.24) is 9.88 Å². The smallest absolute Gasteiger partial charge is 0.270 e. The average molecular weight is 568 g/mol. The zero-order valence-electron chi connectivity index (χ0n) is 22.7. The molecular weight excluding hydrogens is 535 g/mol. The summed E-state index contributed by atoms with van der Waals surface area (Å²) in [4.78, 5) is 27.9. The van der Waals surface area contributed by atoms with Gasteiger partial charge < -0.3 is 26.8 Å². The number of carbonyl (C=O) groups excluding carboxylic acids is 1. The molecule has 216 valence electrons. The number of nitrogen functional groups attached to an aromatic ring is 1. The van der Waals surface area contributed by atoms with Gasteiger partial charge in [0.1, 0.15) is 18.1 Å². The number of hydrogen-bond donors (Lipinski definition) is 3. The lowest BCUT2D eigenvalue weighted by Crippen LogP contribution is -2.36. The number of aliphatic imine (C=N–C) groups is 2. The number of halogens is 3. The molecule has 1 saturated carbocycles. The minimum absolute atomic E-state index is 0.00807. The molecule has 0 spiro atoms. The van der Waals surface area contributed by atoms with Gasteiger partial charge >= 0.3 is 0 Å². The Morgan fingerprint density at radius 3 is 2.73 bits per heavy atom. The Balaban J connectivity index is 1.74. The van der Waals surface area contributed by atoms with Gasteiger partial charge in [-0.2, -0.15) is 0 Å². The zero-order valence-corrected chi connectivity index (χ0v) is 22.7. The normalized spacial score (nSPS) is 23.1. The van der Waals surface area contributed by atoms with Gasteiger partial charge in [0, 0.05) is 73.4 Å². The summed E-state index contributed by atoms with van der Waals surface area (Å²) in [7, 11) is 1.56. The number of hydrogen-bond acceptors (Lipinski definition) is 8. The number of amides is 1. The number of nitrogens with zero attached hydrogens (tertiary/aromatic N) is 4. The topological polar surface area (TPSA) is 145 Å². The molecule has 1 amide bonds. The van der Waals surface area contributed by atoms with Crippen molar-refractivity contribution in [3.8, 4) is 5.75 Å². The summed E-state index contributed by atoms with van der Waals surface area (Å²) < 4.78 is 48.3. The van der Waals surface area contributed by atoms with E-state index in [1.807, 2.05) is 0 Å². The number of aromatic nitrogens is 1. The number of allylic oxidation sites excluding steroid dienone is 2. The second-order valence-electron chi connectivity index (χ2n) is 10.6. The Kier molecular flexibility index (Phi) is 7.74. The third-order valence-corrected chi connectivity index (χ3v) is 7.40. The van der Waals surface area contributed by atoms with Gasteiger partial charge in [0.05, 0.1) is 12.3 Å². The van der Waals surface area contributed by atoms with Gasteiger partial charge in [-0.15, -0.1) is 0 Å². The van der Waals surface area contributed by atoms with E-state index in [9.17, 15) is 18.0 Å². The van der Waals surface area contributed by atoms with E-state index in [-0.39, 0.29) is 48.1 Å². The maximum atomic E-state index is 14.3. The summed E-state index contributed by atoms with van der Waals surface area (Å²) in [6.07, 6.45) is 4.62. The molecule has 3 aliphatic rings. The zero-order chi connectivity index (χ0) is 29.3. The Labute approximate surface area is 235 Å². The van der Waals surface area contributed by atoms with Crippen LogP contribution in [0.3, 0.4) is 0 Å². The molecule has 6 N–H and O–H groups in total. The van der Waals surface area contributed by atoms with Crippen LogP contribution < -0.4 is 21.9 Å². The lowest BCUT2D eigenvalue weighted by molar-refractivity contribution is -0.127. The van der Waals surface area contributed by atoms with Gasteiger partial charge in [0.2, 0.25) is 0 Å². The van der Waals surface area contributed by atoms with E-state index in [1.54, 1.807) is 13.1 Å². The number of likely N-dealkylation sites (tertiary alicyclic amines) is 1. The molecule has 3 heterocycles. The van der Waals surface area contributed by atoms with Crippen LogP contribution in [0.25, 0.3) is 5.70 Å². The summed E-state index contributed by atoms with van der Waals surface area (Å²) in [5.74, 6) is -3.50. The van der Waals surface area contributed by atoms with Gasteiger partial charge in [0.25, 0.3) is 11.8 Å². The van der Waals surface area contributed by atoms with Crippen molar-refractivity contribution in [2.75, 3.05) is 32.4 Å². The molecule has 12 heteroatoms. The van der Waals surface area contributed by atoms with E-state index in [4.69, 9.17) is 26.9 Å². The third-order valence-electron chi connectivity index (χ3n) is 7.40. The van der Waals surface area contributed by atoms with Crippen molar-refractivity contribution in [3.63, 3.8) is 0 Å². The molecule has 2 aromatic rings. The van der Waals surface area contributed by atoms with Crippen molar-refractivity contribution in [3.05, 3.63) is 69.8 Å². The number of pyridine rings is 1. The SMILES string of the molecule is CN=C/C1=C(\N)c2ccc(F)cc2COc2cc(cnc2N)C(=NCC2CC2)/C(=C(\N)C(=O)N2CCC(F)(F)C2)C1. The fourth-order valence-corrected chi connectivity index (χ4v) is 4.93. The first-order valence-electron chi connectivity index (χ1n) is 13.3. The van der Waals surface area contributed by atoms with Crippen LogP contribution in [0.2, 0.25) is 0 Å². The van der Waals surface area contributed by atoms with E-state index >= 15 is 0 Å². The summed E-state index contributed by atoms with van der Waals surface area (Å²) in [5, 5.41) is 0. The van der Waals surface area contributed by atoms with E-state index in [0.717, 1.165) is 17.7 Å². The van der Waals surface area contributed by atoms with Gasteiger partial charge in [-0.3, -0.25) is 14.8 Å². The average Bonchev–Trinajstić information content (AvgIpc) is 3.70. The fraction of sp³-hybridized carbons (Fsp3) is 0.379. The third kappa shape index (κ3) is 6.21. The van der Waals surface area contributed by atoms with Crippen molar-refractivity contribution in [2.24, 2.45) is 27.4 Å². The minimum atomic E-state index is -2.99. The quantitative estimate of drug-likeness (QED) is 0.381. The predicted octanol–water partition coefficient (Wildman–Crippen LogP) is 3.44. The van der Waals surface area contributed by atoms with Crippen LogP contribution in [-0.4, -0.2) is 60.3 Å². The van der Waals surface area contributed by atoms with E-state index in [2.05, 4.69) is 9.98 Å². The molecule has 1 aliphatic carbocycles. The van der Waals surface area contributed by atoms with Crippen LogP contribution in [-0.2, 0) is 11.4 Å². The lowest BCUT2D eigenvalue weighted by Gasteiger charge is -2.22. The number of nitrogens with two attached hydrogens (primary N) is 3. The molecule has 1 aromatic heterocycles. The molecule has 1 aromatic carbocycles. The molecule has 2 fully saturated rings. The van der Waals surface area contributed by atoms with Crippen molar-refractivity contribution < 1.29 is 22.7 Å². The number of carbonyl (C=O) groups is 1. The molecule has 9 nitrogen and oxygen atoms in total. The molecule has 0 unspecified atom stereocenters. The second kappa shape index (κ2) is 11.3. The highest BCUT2D eigenvalue weighted by molar-refractivity contribution is 6.17. The van der Waals surface area contributed by atoms with Crippen LogP contribution in [0.4, 0.5) is 19.0 Å². The molecular formula is C29H32F3N7O2. The van der Waals surface area contributed by atoms with Crippen molar-refractivity contribution >= 4 is 29.3 Å². The Hall–Kier alpha value is -4.35. The number of anilines is 1.